The van der Waals surface area contributed by atoms with Gasteiger partial charge in [0.1, 0.15) is 13.2 Å². The van der Waals surface area contributed by atoms with Crippen molar-refractivity contribution in [3.63, 3.8) is 0 Å². The molecule has 9 heteroatoms. The van der Waals surface area contributed by atoms with Crippen molar-refractivity contribution >= 4 is 13.7 Å². The molecule has 0 radical (unpaired) electrons. The average Bonchev–Trinajstić information content (AvgIpc) is 3.33. The van der Waals surface area contributed by atoms with Crippen LogP contribution in [0.25, 0.3) is 0 Å². The molecule has 8 nitrogen and oxygen atoms in total. The zero-order valence-corrected chi connectivity index (χ0v) is 48.4. The van der Waals surface area contributed by atoms with E-state index in [2.05, 4.69) is 67.8 Å². The molecular weight excluding hydrogens is 900 g/mol. The van der Waals surface area contributed by atoms with Crippen molar-refractivity contribution in [2.75, 3.05) is 40.9 Å². The number of carbonyl (C=O) groups excluding carboxylic acids is 1. The number of nitrogens with zero attached hydrogens (tertiary/aromatic N) is 1. The van der Waals surface area contributed by atoms with Gasteiger partial charge in [0.05, 0.1) is 39.9 Å². The van der Waals surface area contributed by atoms with Crippen LogP contribution in [0.5, 0.6) is 0 Å². The largest absolute Gasteiger partial charge is 0.472 e. The smallest absolute Gasteiger partial charge is 0.387 e. The molecule has 0 aromatic heterocycles. The third-order valence-corrected chi connectivity index (χ3v) is 14.4. The van der Waals surface area contributed by atoms with Gasteiger partial charge in [-0.3, -0.25) is 13.8 Å². The summed E-state index contributed by atoms with van der Waals surface area (Å²) in [5.74, 6) is -0.194. The zero-order valence-electron chi connectivity index (χ0n) is 47.5. The molecule has 0 saturated carbocycles. The lowest BCUT2D eigenvalue weighted by molar-refractivity contribution is -0.870. The average molecular weight is 1020 g/mol. The highest BCUT2D eigenvalue weighted by atomic mass is 31.2. The molecule has 3 unspecified atom stereocenters. The van der Waals surface area contributed by atoms with Gasteiger partial charge in [-0.25, -0.2) is 4.57 Å². The predicted octanol–water partition coefficient (Wildman–Crippen LogP) is 18.5. The van der Waals surface area contributed by atoms with E-state index in [-0.39, 0.29) is 19.1 Å². The zero-order chi connectivity index (χ0) is 52.0. The molecule has 0 fully saturated rings. The summed E-state index contributed by atoms with van der Waals surface area (Å²) in [5.41, 5.74) is 0. The van der Waals surface area contributed by atoms with Gasteiger partial charge in [-0.2, -0.15) is 0 Å². The second-order valence-corrected chi connectivity index (χ2v) is 23.2. The van der Waals surface area contributed by atoms with E-state index >= 15 is 0 Å². The number of allylic oxidation sites excluding steroid dienone is 9. The van der Waals surface area contributed by atoms with E-state index in [0.717, 1.165) is 51.4 Å². The highest BCUT2D eigenvalue weighted by Crippen LogP contribution is 2.43. The number of unbranched alkanes of at least 4 members (excludes halogenated alkanes) is 34. The van der Waals surface area contributed by atoms with Crippen LogP contribution in [0.15, 0.2) is 60.8 Å². The highest BCUT2D eigenvalue weighted by Gasteiger charge is 2.27. The minimum atomic E-state index is -4.36. The number of aliphatic hydroxyl groups excluding tert-OH is 1. The Morgan fingerprint density at radius 3 is 1.21 bits per heavy atom. The molecule has 0 aliphatic heterocycles. The third-order valence-electron chi connectivity index (χ3n) is 13.4. The number of likely N-dealkylation sites (N-methyl/N-ethyl adjacent to an activating group) is 1. The summed E-state index contributed by atoms with van der Waals surface area (Å²) in [6.07, 6.45) is 71.9. The van der Waals surface area contributed by atoms with Crippen LogP contribution in [0.1, 0.15) is 277 Å². The monoisotopic (exact) mass is 1020 g/mol. The number of carbonyl (C=O) groups is 1. The Morgan fingerprint density at radius 1 is 0.479 bits per heavy atom. The SMILES string of the molecule is CCCCCCC/C=C\C/C=C\CCCCCCCCCCCC(=O)NC(COP(=O)(O)OCC[N+](C)(C)C)C(O)/C=C/CC/C=C/CC/C=C/CCCCCCCCCCCCCCCCCCCC. The van der Waals surface area contributed by atoms with Gasteiger partial charge in [0.25, 0.3) is 0 Å². The number of amides is 1. The normalized spacial score (nSPS) is 14.3. The van der Waals surface area contributed by atoms with Crippen LogP contribution in [0, 0.1) is 0 Å². The lowest BCUT2D eigenvalue weighted by atomic mass is 10.0. The van der Waals surface area contributed by atoms with Gasteiger partial charge in [0.2, 0.25) is 5.91 Å². The first-order valence-corrected chi connectivity index (χ1v) is 31.7. The van der Waals surface area contributed by atoms with Crippen molar-refractivity contribution < 1.29 is 32.9 Å². The number of aliphatic hydroxyl groups is 1. The molecule has 1 amide bonds. The fraction of sp³-hybridized carbons (Fsp3) is 0.823. The van der Waals surface area contributed by atoms with E-state index in [0.29, 0.717) is 17.4 Å². The second kappa shape index (κ2) is 53.0. The third kappa shape index (κ3) is 55.8. The van der Waals surface area contributed by atoms with Gasteiger partial charge in [0, 0.05) is 6.42 Å². The van der Waals surface area contributed by atoms with Gasteiger partial charge < -0.3 is 19.8 Å². The Balaban J connectivity index is 4.26. The lowest BCUT2D eigenvalue weighted by Gasteiger charge is -2.25. The van der Waals surface area contributed by atoms with E-state index in [1.54, 1.807) is 6.08 Å². The molecule has 0 aromatic carbocycles. The minimum Gasteiger partial charge on any atom is -0.387 e. The molecule has 0 rings (SSSR count). The molecule has 0 saturated heterocycles. The van der Waals surface area contributed by atoms with Crippen LogP contribution in [-0.4, -0.2) is 73.4 Å². The molecule has 0 heterocycles. The standard InChI is InChI=1S/C62H117N2O6P/c1-6-8-10-12-14-16-18-20-22-24-26-28-29-30-31-32-33-34-36-37-39-41-43-45-47-49-51-53-55-61(65)60(59-70-71(67,68)69-58-57-64(3,4)5)63-62(66)56-54-52-50-48-46-44-42-40-38-35-27-25-23-21-19-17-15-13-11-9-7-2/h19,21,25,27,37,39,45,47,53,55,60-61,65H,6-18,20,22-24,26,28-36,38,40-44,46,48-52,54,56-59H2,1-5H3,(H-,63,66,67,68)/p+1/b21-19-,27-25-,39-37+,47-45+,55-53+. The first kappa shape index (κ1) is 69.2. The maximum atomic E-state index is 13.0. The van der Waals surface area contributed by atoms with E-state index in [4.69, 9.17) is 9.05 Å². The van der Waals surface area contributed by atoms with Gasteiger partial charge in [-0.05, 0) is 77.0 Å². The Morgan fingerprint density at radius 2 is 0.817 bits per heavy atom. The number of hydrogen-bond acceptors (Lipinski definition) is 5. The quantitative estimate of drug-likeness (QED) is 0.0243. The summed E-state index contributed by atoms with van der Waals surface area (Å²) >= 11 is 0. The summed E-state index contributed by atoms with van der Waals surface area (Å²) in [6, 6.07) is -0.875. The first-order chi connectivity index (χ1) is 34.5. The fourth-order valence-electron chi connectivity index (χ4n) is 8.69. The maximum Gasteiger partial charge on any atom is 0.472 e. The number of quaternary nitrogens is 1. The van der Waals surface area contributed by atoms with Gasteiger partial charge >= 0.3 is 7.82 Å². The molecule has 3 atom stereocenters. The number of phosphoric acid groups is 1. The highest BCUT2D eigenvalue weighted by molar-refractivity contribution is 7.47. The second-order valence-electron chi connectivity index (χ2n) is 21.7. The van der Waals surface area contributed by atoms with Crippen LogP contribution in [0.3, 0.4) is 0 Å². The molecule has 0 bridgehead atoms. The predicted molar refractivity (Wildman–Crippen MR) is 309 cm³/mol. The van der Waals surface area contributed by atoms with Crippen molar-refractivity contribution in [3.8, 4) is 0 Å². The Labute approximate surface area is 441 Å². The summed E-state index contributed by atoms with van der Waals surface area (Å²) < 4.78 is 23.7. The van der Waals surface area contributed by atoms with Crippen molar-refractivity contribution in [1.29, 1.82) is 0 Å². The number of nitrogens with one attached hydrogen (secondary N) is 1. The lowest BCUT2D eigenvalue weighted by Crippen LogP contribution is -2.45. The number of phosphoric ester groups is 1. The molecule has 0 aliphatic carbocycles. The molecule has 0 aromatic rings. The van der Waals surface area contributed by atoms with Crippen LogP contribution < -0.4 is 5.32 Å². The molecule has 71 heavy (non-hydrogen) atoms. The molecule has 3 N–H and O–H groups in total. The molecule has 0 spiro atoms. The van der Waals surface area contributed by atoms with Crippen molar-refractivity contribution in [3.05, 3.63) is 60.8 Å². The van der Waals surface area contributed by atoms with Crippen LogP contribution >= 0.6 is 7.82 Å². The maximum absolute atomic E-state index is 13.0. The van der Waals surface area contributed by atoms with Crippen molar-refractivity contribution in [1.82, 2.24) is 5.32 Å². The summed E-state index contributed by atoms with van der Waals surface area (Å²) in [4.78, 5) is 23.3. The number of hydrogen-bond donors (Lipinski definition) is 3. The summed E-state index contributed by atoms with van der Waals surface area (Å²) in [5, 5.41) is 13.9. The van der Waals surface area contributed by atoms with Gasteiger partial charge in [-0.1, -0.05) is 254 Å². The summed E-state index contributed by atoms with van der Waals surface area (Å²) in [7, 11) is 1.54. The van der Waals surface area contributed by atoms with Crippen molar-refractivity contribution in [2.45, 2.75) is 289 Å². The minimum absolute atomic E-state index is 0.0510. The fourth-order valence-corrected chi connectivity index (χ4v) is 9.43. The molecule has 0 aliphatic rings. The van der Waals surface area contributed by atoms with Gasteiger partial charge in [0.15, 0.2) is 0 Å². The Hall–Kier alpha value is -1.80. The van der Waals surface area contributed by atoms with E-state index in [1.165, 1.54) is 205 Å². The molecular formula is C62H118N2O6P+. The van der Waals surface area contributed by atoms with Crippen molar-refractivity contribution in [2.24, 2.45) is 0 Å². The van der Waals surface area contributed by atoms with E-state index in [1.807, 2.05) is 27.2 Å². The van der Waals surface area contributed by atoms with Gasteiger partial charge in [-0.15, -0.1) is 0 Å². The summed E-state index contributed by atoms with van der Waals surface area (Å²) in [6.45, 7) is 4.80. The number of rotatable bonds is 55. The van der Waals surface area contributed by atoms with E-state index < -0.39 is 20.0 Å². The van der Waals surface area contributed by atoms with Crippen LogP contribution in [0.2, 0.25) is 0 Å². The van der Waals surface area contributed by atoms with E-state index in [9.17, 15) is 19.4 Å². The molecule has 416 valence electrons. The topological polar surface area (TPSA) is 105 Å². The first-order valence-electron chi connectivity index (χ1n) is 30.2. The Kier molecular flexibility index (Phi) is 51.7. The Bertz CT molecular complexity index is 1340. The van der Waals surface area contributed by atoms with Crippen LogP contribution in [0.4, 0.5) is 0 Å². The van der Waals surface area contributed by atoms with Crippen LogP contribution in [-0.2, 0) is 18.4 Å².